The first-order chi connectivity index (χ1) is 7.34. The van der Waals surface area contributed by atoms with Gasteiger partial charge in [-0.1, -0.05) is 27.7 Å². The lowest BCUT2D eigenvalue weighted by Gasteiger charge is -2.36. The molecule has 0 amide bonds. The van der Waals surface area contributed by atoms with E-state index in [4.69, 9.17) is 9.47 Å². The van der Waals surface area contributed by atoms with Gasteiger partial charge in [-0.05, 0) is 24.7 Å². The molecule has 0 radical (unpaired) electrons. The van der Waals surface area contributed by atoms with Crippen LogP contribution in [0.5, 0.6) is 0 Å². The van der Waals surface area contributed by atoms with Gasteiger partial charge in [0.15, 0.2) is 0 Å². The van der Waals surface area contributed by atoms with Crippen molar-refractivity contribution in [2.45, 2.75) is 53.2 Å². The van der Waals surface area contributed by atoms with Gasteiger partial charge in [0, 0.05) is 20.3 Å². The van der Waals surface area contributed by atoms with Crippen LogP contribution in [0.25, 0.3) is 0 Å². The van der Waals surface area contributed by atoms with Crippen LogP contribution in [0.4, 0.5) is 0 Å². The van der Waals surface area contributed by atoms with Crippen LogP contribution in [0.3, 0.4) is 0 Å². The van der Waals surface area contributed by atoms with E-state index in [2.05, 4.69) is 20.8 Å². The number of hydrogen-bond donors (Lipinski definition) is 1. The van der Waals surface area contributed by atoms with Gasteiger partial charge < -0.3 is 14.6 Å². The Hall–Kier alpha value is -0.120. The van der Waals surface area contributed by atoms with Gasteiger partial charge in [-0.3, -0.25) is 0 Å². The summed E-state index contributed by atoms with van der Waals surface area (Å²) in [7, 11) is 1.68. The van der Waals surface area contributed by atoms with Gasteiger partial charge in [0.2, 0.25) is 0 Å². The zero-order valence-corrected chi connectivity index (χ0v) is 11.6. The van der Waals surface area contributed by atoms with Crippen LogP contribution in [0, 0.1) is 11.3 Å². The summed E-state index contributed by atoms with van der Waals surface area (Å²) in [6.07, 6.45) is 0.302. The van der Waals surface area contributed by atoms with E-state index in [0.29, 0.717) is 13.2 Å². The molecular weight excluding hydrogens is 204 g/mol. The zero-order chi connectivity index (χ0) is 12.8. The predicted octanol–water partition coefficient (Wildman–Crippen LogP) is 2.47. The first-order valence-electron chi connectivity index (χ1n) is 6.13. The second-order valence-electron chi connectivity index (χ2n) is 5.49. The van der Waals surface area contributed by atoms with Crippen LogP contribution >= 0.6 is 0 Å². The highest BCUT2D eigenvalue weighted by Crippen LogP contribution is 2.29. The van der Waals surface area contributed by atoms with E-state index in [1.807, 2.05) is 13.8 Å². The van der Waals surface area contributed by atoms with Gasteiger partial charge in [0.1, 0.15) is 0 Å². The molecule has 3 nitrogen and oxygen atoms in total. The van der Waals surface area contributed by atoms with Gasteiger partial charge in [0.05, 0.1) is 12.2 Å². The molecule has 0 aromatic carbocycles. The highest BCUT2D eigenvalue weighted by atomic mass is 16.5. The van der Waals surface area contributed by atoms with E-state index in [1.165, 1.54) is 0 Å². The van der Waals surface area contributed by atoms with E-state index >= 15 is 0 Å². The minimum Gasteiger partial charge on any atom is -0.390 e. The molecule has 0 aliphatic carbocycles. The molecule has 0 aromatic heterocycles. The number of aliphatic hydroxyl groups excluding tert-OH is 1. The van der Waals surface area contributed by atoms with Gasteiger partial charge in [-0.25, -0.2) is 0 Å². The smallest absolute Gasteiger partial charge is 0.0884 e. The van der Waals surface area contributed by atoms with Crippen molar-refractivity contribution in [3.63, 3.8) is 0 Å². The molecule has 98 valence electrons. The molecule has 3 unspecified atom stereocenters. The van der Waals surface area contributed by atoms with Crippen molar-refractivity contribution < 1.29 is 14.6 Å². The largest absolute Gasteiger partial charge is 0.390 e. The number of ether oxygens (including phenoxy) is 2. The Labute approximate surface area is 100 Å². The molecule has 0 spiro atoms. The fraction of sp³-hybridized carbons (Fsp3) is 1.00. The van der Waals surface area contributed by atoms with Crippen molar-refractivity contribution in [1.29, 1.82) is 0 Å². The van der Waals surface area contributed by atoms with E-state index < -0.39 is 6.10 Å². The summed E-state index contributed by atoms with van der Waals surface area (Å²) in [5.41, 5.74) is -0.0449. The number of methoxy groups -OCH3 is 1. The number of rotatable bonds is 7. The van der Waals surface area contributed by atoms with Gasteiger partial charge in [-0.15, -0.1) is 0 Å². The molecule has 0 aliphatic rings. The molecular formula is C13H28O3. The van der Waals surface area contributed by atoms with Crippen molar-refractivity contribution in [3.05, 3.63) is 0 Å². The maximum absolute atomic E-state index is 10.3. The SMILES string of the molecule is CCOC(C(O)C(C)CCOC)C(C)(C)C. The van der Waals surface area contributed by atoms with E-state index in [-0.39, 0.29) is 17.4 Å². The van der Waals surface area contributed by atoms with Crippen molar-refractivity contribution in [3.8, 4) is 0 Å². The molecule has 0 rings (SSSR count). The summed E-state index contributed by atoms with van der Waals surface area (Å²) in [6.45, 7) is 11.6. The Morgan fingerprint density at radius 2 is 1.81 bits per heavy atom. The summed E-state index contributed by atoms with van der Waals surface area (Å²) in [6, 6.07) is 0. The van der Waals surface area contributed by atoms with Crippen LogP contribution in [0.15, 0.2) is 0 Å². The lowest BCUT2D eigenvalue weighted by atomic mass is 9.81. The van der Waals surface area contributed by atoms with Crippen LogP contribution in [0.2, 0.25) is 0 Å². The summed E-state index contributed by atoms with van der Waals surface area (Å²) < 4.78 is 10.7. The van der Waals surface area contributed by atoms with Crippen LogP contribution in [0.1, 0.15) is 41.0 Å². The summed E-state index contributed by atoms with van der Waals surface area (Å²) in [5.74, 6) is 0.190. The van der Waals surface area contributed by atoms with Crippen LogP contribution in [-0.4, -0.2) is 37.6 Å². The molecule has 0 aromatic rings. The highest BCUT2D eigenvalue weighted by molar-refractivity contribution is 4.84. The maximum Gasteiger partial charge on any atom is 0.0884 e. The van der Waals surface area contributed by atoms with E-state index in [9.17, 15) is 5.11 Å². The Morgan fingerprint density at radius 1 is 1.25 bits per heavy atom. The van der Waals surface area contributed by atoms with Crippen molar-refractivity contribution in [1.82, 2.24) is 0 Å². The molecule has 3 atom stereocenters. The molecule has 0 bridgehead atoms. The normalized spacial score (nSPS) is 18.2. The quantitative estimate of drug-likeness (QED) is 0.733. The third-order valence-electron chi connectivity index (χ3n) is 2.87. The molecule has 0 fully saturated rings. The van der Waals surface area contributed by atoms with E-state index in [1.54, 1.807) is 7.11 Å². The summed E-state index contributed by atoms with van der Waals surface area (Å²) in [4.78, 5) is 0. The third-order valence-corrected chi connectivity index (χ3v) is 2.87. The molecule has 0 aliphatic heterocycles. The number of hydrogen-bond acceptors (Lipinski definition) is 3. The lowest BCUT2D eigenvalue weighted by Crippen LogP contribution is -2.43. The molecule has 1 N–H and O–H groups in total. The second-order valence-corrected chi connectivity index (χ2v) is 5.49. The Bertz CT molecular complexity index is 175. The number of aliphatic hydroxyl groups is 1. The van der Waals surface area contributed by atoms with Crippen molar-refractivity contribution in [2.24, 2.45) is 11.3 Å². The standard InChI is InChI=1S/C13H28O3/c1-7-16-12(13(3,4)5)11(14)10(2)8-9-15-6/h10-12,14H,7-9H2,1-6H3. The molecule has 0 saturated heterocycles. The fourth-order valence-corrected chi connectivity index (χ4v) is 1.81. The van der Waals surface area contributed by atoms with Gasteiger partial charge in [0.25, 0.3) is 0 Å². The molecule has 0 saturated carbocycles. The maximum atomic E-state index is 10.3. The average molecular weight is 232 g/mol. The first kappa shape index (κ1) is 15.9. The first-order valence-corrected chi connectivity index (χ1v) is 6.13. The van der Waals surface area contributed by atoms with Crippen molar-refractivity contribution >= 4 is 0 Å². The Morgan fingerprint density at radius 3 is 2.19 bits per heavy atom. The fourth-order valence-electron chi connectivity index (χ4n) is 1.81. The third kappa shape index (κ3) is 5.28. The summed E-state index contributed by atoms with van der Waals surface area (Å²) in [5, 5.41) is 10.3. The van der Waals surface area contributed by atoms with Crippen LogP contribution in [-0.2, 0) is 9.47 Å². The second kappa shape index (κ2) is 7.25. The molecule has 16 heavy (non-hydrogen) atoms. The molecule has 0 heterocycles. The Balaban J connectivity index is 4.42. The minimum atomic E-state index is -0.435. The highest BCUT2D eigenvalue weighted by Gasteiger charge is 2.34. The van der Waals surface area contributed by atoms with Crippen molar-refractivity contribution in [2.75, 3.05) is 20.3 Å². The average Bonchev–Trinajstić information content (AvgIpc) is 2.19. The lowest BCUT2D eigenvalue weighted by molar-refractivity contribution is -0.108. The van der Waals surface area contributed by atoms with E-state index in [0.717, 1.165) is 6.42 Å². The monoisotopic (exact) mass is 232 g/mol. The summed E-state index contributed by atoms with van der Waals surface area (Å²) >= 11 is 0. The molecule has 3 heteroatoms. The predicted molar refractivity (Wildman–Crippen MR) is 66.5 cm³/mol. The topological polar surface area (TPSA) is 38.7 Å². The Kier molecular flexibility index (Phi) is 7.20. The van der Waals surface area contributed by atoms with Gasteiger partial charge in [-0.2, -0.15) is 0 Å². The minimum absolute atomic E-state index is 0.0449. The van der Waals surface area contributed by atoms with Crippen LogP contribution < -0.4 is 0 Å². The van der Waals surface area contributed by atoms with Gasteiger partial charge >= 0.3 is 0 Å². The zero-order valence-electron chi connectivity index (χ0n) is 11.6.